The van der Waals surface area contributed by atoms with Gasteiger partial charge in [0.15, 0.2) is 5.65 Å². The molecule has 0 bridgehead atoms. The highest BCUT2D eigenvalue weighted by atomic mass is 32.2. The highest BCUT2D eigenvalue weighted by Gasteiger charge is 2.47. The number of aromatic nitrogens is 3. The van der Waals surface area contributed by atoms with Crippen LogP contribution in [0.5, 0.6) is 0 Å². The summed E-state index contributed by atoms with van der Waals surface area (Å²) < 4.78 is 70.4. The number of fused-ring (bicyclic) bond motifs is 1. The SMILES string of the molecule is C[C@@H]1CN(c2ccc(C#N)c3ncnn23)C[C@H](COS(=O)(=O)C(F)(F)F)O1. The molecule has 0 aliphatic carbocycles. The molecule has 1 fully saturated rings. The van der Waals surface area contributed by atoms with Gasteiger partial charge in [0.1, 0.15) is 24.3 Å². The van der Waals surface area contributed by atoms with Crippen molar-refractivity contribution in [1.29, 1.82) is 5.26 Å². The number of pyridine rings is 1. The van der Waals surface area contributed by atoms with E-state index in [1.54, 1.807) is 24.0 Å². The van der Waals surface area contributed by atoms with Crippen LogP contribution in [-0.2, 0) is 19.0 Å². The molecule has 0 spiro atoms. The summed E-state index contributed by atoms with van der Waals surface area (Å²) in [5, 5.41) is 13.2. The van der Waals surface area contributed by atoms with Gasteiger partial charge in [-0.15, -0.1) is 0 Å². The van der Waals surface area contributed by atoms with Crippen molar-refractivity contribution >= 4 is 21.6 Å². The quantitative estimate of drug-likeness (QED) is 0.549. The molecule has 3 heterocycles. The summed E-state index contributed by atoms with van der Waals surface area (Å²) in [6.45, 7) is 1.36. The minimum Gasteiger partial charge on any atom is -0.369 e. The fourth-order valence-electron chi connectivity index (χ4n) is 2.78. The third-order valence-electron chi connectivity index (χ3n) is 3.87. The average Bonchev–Trinajstić information content (AvgIpc) is 3.07. The second kappa shape index (κ2) is 6.95. The van der Waals surface area contributed by atoms with Crippen LogP contribution in [0.2, 0.25) is 0 Å². The minimum atomic E-state index is -5.69. The van der Waals surface area contributed by atoms with Gasteiger partial charge in [-0.3, -0.25) is 4.18 Å². The molecule has 0 aromatic carbocycles. The molecule has 27 heavy (non-hydrogen) atoms. The maximum Gasteiger partial charge on any atom is 0.523 e. The van der Waals surface area contributed by atoms with Gasteiger partial charge in [0, 0.05) is 13.1 Å². The third kappa shape index (κ3) is 3.82. The molecule has 2 aromatic rings. The van der Waals surface area contributed by atoms with E-state index in [0.717, 1.165) is 0 Å². The van der Waals surface area contributed by atoms with Crippen LogP contribution in [-0.4, -0.2) is 60.4 Å². The molecule has 1 aliphatic rings. The Morgan fingerprint density at radius 2 is 2.15 bits per heavy atom. The lowest BCUT2D eigenvalue weighted by Crippen LogP contribution is -2.49. The van der Waals surface area contributed by atoms with Crippen LogP contribution in [0, 0.1) is 11.3 Å². The normalized spacial score (nSPS) is 21.4. The number of morpholine rings is 1. The van der Waals surface area contributed by atoms with Crippen LogP contribution >= 0.6 is 0 Å². The van der Waals surface area contributed by atoms with Crippen molar-refractivity contribution in [3.05, 3.63) is 24.0 Å². The number of ether oxygens (including phenoxy) is 1. The first-order valence-electron chi connectivity index (χ1n) is 7.71. The fourth-order valence-corrected chi connectivity index (χ4v) is 3.24. The summed E-state index contributed by atoms with van der Waals surface area (Å²) in [6.07, 6.45) is -0.0460. The summed E-state index contributed by atoms with van der Waals surface area (Å²) in [7, 11) is -5.69. The first kappa shape index (κ1) is 19.3. The van der Waals surface area contributed by atoms with Crippen LogP contribution < -0.4 is 4.90 Å². The van der Waals surface area contributed by atoms with Crippen LogP contribution in [0.4, 0.5) is 19.0 Å². The van der Waals surface area contributed by atoms with Crippen molar-refractivity contribution in [2.45, 2.75) is 24.6 Å². The number of hydrogen-bond donors (Lipinski definition) is 0. The number of hydrogen-bond acceptors (Lipinski definition) is 8. The van der Waals surface area contributed by atoms with Gasteiger partial charge in [-0.2, -0.15) is 36.5 Å². The van der Waals surface area contributed by atoms with E-state index >= 15 is 0 Å². The van der Waals surface area contributed by atoms with E-state index in [-0.39, 0.29) is 6.54 Å². The van der Waals surface area contributed by atoms with E-state index in [1.165, 1.54) is 10.8 Å². The number of halogens is 3. The number of nitriles is 1. The standard InChI is InChI=1S/C14H14F3N5O4S/c1-9-5-21(6-11(26-9)7-25-27(23,24)14(15,16)17)12-3-2-10(4-18)13-19-8-20-22(12)13/h2-3,8-9,11H,5-7H2,1H3/t9-,11-/m1/s1. The van der Waals surface area contributed by atoms with Crippen LogP contribution in [0.3, 0.4) is 0 Å². The molecule has 13 heteroatoms. The molecule has 3 rings (SSSR count). The number of rotatable bonds is 4. The molecule has 146 valence electrons. The van der Waals surface area contributed by atoms with Crippen molar-refractivity contribution in [3.8, 4) is 6.07 Å². The second-order valence-corrected chi connectivity index (χ2v) is 7.48. The largest absolute Gasteiger partial charge is 0.523 e. The lowest BCUT2D eigenvalue weighted by atomic mass is 10.2. The van der Waals surface area contributed by atoms with Crippen LogP contribution in [0.25, 0.3) is 5.65 Å². The lowest BCUT2D eigenvalue weighted by Gasteiger charge is -2.37. The zero-order valence-corrected chi connectivity index (χ0v) is 14.7. The summed E-state index contributed by atoms with van der Waals surface area (Å²) in [5.74, 6) is 0.542. The molecule has 9 nitrogen and oxygen atoms in total. The average molecular weight is 405 g/mol. The molecule has 2 aromatic heterocycles. The number of anilines is 1. The molecule has 0 N–H and O–H groups in total. The minimum absolute atomic E-state index is 0.0680. The maximum absolute atomic E-state index is 12.4. The Kier molecular flexibility index (Phi) is 4.98. The topological polar surface area (TPSA) is 110 Å². The van der Waals surface area contributed by atoms with Crippen LogP contribution in [0.15, 0.2) is 18.5 Å². The fraction of sp³-hybridized carbons (Fsp3) is 0.500. The summed E-state index contributed by atoms with van der Waals surface area (Å²) in [4.78, 5) is 5.78. The van der Waals surface area contributed by atoms with E-state index in [4.69, 9.17) is 10.00 Å². The second-order valence-electron chi connectivity index (χ2n) is 5.87. The van der Waals surface area contributed by atoms with E-state index in [0.29, 0.717) is 23.6 Å². The summed E-state index contributed by atoms with van der Waals surface area (Å²) >= 11 is 0. The molecule has 1 saturated heterocycles. The Bertz CT molecular complexity index is 985. The van der Waals surface area contributed by atoms with E-state index in [9.17, 15) is 21.6 Å². The number of alkyl halides is 3. The monoisotopic (exact) mass is 405 g/mol. The van der Waals surface area contributed by atoms with E-state index in [2.05, 4.69) is 14.3 Å². The Morgan fingerprint density at radius 3 is 2.81 bits per heavy atom. The summed E-state index contributed by atoms with van der Waals surface area (Å²) in [5.41, 5.74) is -4.84. The predicted octanol–water partition coefficient (Wildman–Crippen LogP) is 1.06. The Labute approximate surface area is 152 Å². The Balaban J connectivity index is 1.81. The lowest BCUT2D eigenvalue weighted by molar-refractivity contribution is -0.0657. The van der Waals surface area contributed by atoms with Crippen molar-refractivity contribution in [1.82, 2.24) is 14.6 Å². The molecule has 0 radical (unpaired) electrons. The smallest absolute Gasteiger partial charge is 0.369 e. The predicted molar refractivity (Wildman–Crippen MR) is 85.2 cm³/mol. The van der Waals surface area contributed by atoms with Gasteiger partial charge in [-0.25, -0.2) is 4.98 Å². The van der Waals surface area contributed by atoms with Gasteiger partial charge in [0.05, 0.1) is 18.3 Å². The van der Waals surface area contributed by atoms with Crippen molar-refractivity contribution in [3.63, 3.8) is 0 Å². The van der Waals surface area contributed by atoms with E-state index < -0.39 is 34.4 Å². The van der Waals surface area contributed by atoms with Gasteiger partial charge in [0.25, 0.3) is 0 Å². The maximum atomic E-state index is 12.4. The first-order chi connectivity index (χ1) is 12.6. The number of nitrogens with zero attached hydrogens (tertiary/aromatic N) is 5. The zero-order valence-electron chi connectivity index (χ0n) is 13.9. The highest BCUT2D eigenvalue weighted by Crippen LogP contribution is 2.26. The van der Waals surface area contributed by atoms with Crippen molar-refractivity contribution in [2.75, 3.05) is 24.6 Å². The molecule has 0 unspecified atom stereocenters. The van der Waals surface area contributed by atoms with Gasteiger partial charge >= 0.3 is 15.6 Å². The Hall–Kier alpha value is -2.43. The van der Waals surface area contributed by atoms with Gasteiger partial charge < -0.3 is 9.64 Å². The van der Waals surface area contributed by atoms with Gasteiger partial charge in [-0.05, 0) is 19.1 Å². The Morgan fingerprint density at radius 1 is 1.41 bits per heavy atom. The first-order valence-corrected chi connectivity index (χ1v) is 9.12. The molecular weight excluding hydrogens is 391 g/mol. The third-order valence-corrected chi connectivity index (χ3v) is 4.88. The molecule has 2 atom stereocenters. The molecule has 0 amide bonds. The van der Waals surface area contributed by atoms with E-state index in [1.807, 2.05) is 6.07 Å². The molecule has 0 saturated carbocycles. The van der Waals surface area contributed by atoms with Gasteiger partial charge in [0.2, 0.25) is 0 Å². The van der Waals surface area contributed by atoms with Gasteiger partial charge in [-0.1, -0.05) is 0 Å². The molecular formula is C14H14F3N5O4S. The summed E-state index contributed by atoms with van der Waals surface area (Å²) in [6, 6.07) is 5.18. The van der Waals surface area contributed by atoms with Crippen LogP contribution in [0.1, 0.15) is 12.5 Å². The highest BCUT2D eigenvalue weighted by molar-refractivity contribution is 7.87. The molecule has 1 aliphatic heterocycles. The van der Waals surface area contributed by atoms with Crippen molar-refractivity contribution in [2.24, 2.45) is 0 Å². The van der Waals surface area contributed by atoms with Crippen molar-refractivity contribution < 1.29 is 30.5 Å². The zero-order chi connectivity index (χ0) is 19.8.